The molecule has 1 rings (SSSR count). The zero-order chi connectivity index (χ0) is 8.81. The number of nitrogens with zero attached hydrogens (tertiary/aromatic N) is 3. The normalized spacial score (nSPS) is 13.2. The van der Waals surface area contributed by atoms with Crippen LogP contribution in [0, 0.1) is 0 Å². The smallest absolute Gasteiger partial charge is 0.0692 e. The summed E-state index contributed by atoms with van der Waals surface area (Å²) in [5.41, 5.74) is 0. The molecule has 0 aliphatic rings. The third-order valence-electron chi connectivity index (χ3n) is 1.43. The summed E-state index contributed by atoms with van der Waals surface area (Å²) in [6, 6.07) is 0. The van der Waals surface area contributed by atoms with Gasteiger partial charge in [-0.2, -0.15) is 0 Å². The molecule has 0 amide bonds. The molecule has 5 heteroatoms. The fourth-order valence-electron chi connectivity index (χ4n) is 0.857. The monoisotopic (exact) mass is 170 g/mol. The number of nitrogens with one attached hydrogen (secondary N) is 1. The van der Waals surface area contributed by atoms with Crippen LogP contribution in [-0.4, -0.2) is 39.3 Å². The Morgan fingerprint density at radius 2 is 2.50 bits per heavy atom. The van der Waals surface area contributed by atoms with E-state index in [2.05, 4.69) is 15.6 Å². The van der Waals surface area contributed by atoms with E-state index >= 15 is 0 Å². The van der Waals surface area contributed by atoms with Crippen LogP contribution < -0.4 is 5.32 Å². The second-order valence-corrected chi connectivity index (χ2v) is 2.72. The lowest BCUT2D eigenvalue weighted by Crippen LogP contribution is -2.27. The van der Waals surface area contributed by atoms with Crippen molar-refractivity contribution in [3.05, 3.63) is 12.4 Å². The van der Waals surface area contributed by atoms with Gasteiger partial charge in [0.1, 0.15) is 0 Å². The molecule has 1 aromatic heterocycles. The van der Waals surface area contributed by atoms with E-state index in [1.165, 1.54) is 0 Å². The molecular weight excluding hydrogens is 156 g/mol. The largest absolute Gasteiger partial charge is 0.392 e. The topological polar surface area (TPSA) is 63.0 Å². The highest BCUT2D eigenvalue weighted by molar-refractivity contribution is 4.64. The van der Waals surface area contributed by atoms with E-state index in [9.17, 15) is 0 Å². The van der Waals surface area contributed by atoms with Crippen molar-refractivity contribution < 1.29 is 5.11 Å². The molecule has 0 aromatic carbocycles. The van der Waals surface area contributed by atoms with Crippen molar-refractivity contribution in [1.82, 2.24) is 20.3 Å². The van der Waals surface area contributed by atoms with Crippen LogP contribution in [0.5, 0.6) is 0 Å². The lowest BCUT2D eigenvalue weighted by Gasteiger charge is -2.05. The Labute approximate surface area is 71.4 Å². The van der Waals surface area contributed by atoms with Crippen molar-refractivity contribution in [2.75, 3.05) is 13.1 Å². The van der Waals surface area contributed by atoms with Gasteiger partial charge in [-0.15, -0.1) is 5.10 Å². The van der Waals surface area contributed by atoms with Gasteiger partial charge < -0.3 is 10.4 Å². The van der Waals surface area contributed by atoms with Gasteiger partial charge in [0.25, 0.3) is 0 Å². The minimum atomic E-state index is -0.291. The van der Waals surface area contributed by atoms with E-state index in [0.29, 0.717) is 6.54 Å². The first-order valence-corrected chi connectivity index (χ1v) is 4.02. The number of aliphatic hydroxyl groups excluding tert-OH is 1. The zero-order valence-corrected chi connectivity index (χ0v) is 7.14. The maximum absolute atomic E-state index is 8.91. The fraction of sp³-hybridized carbons (Fsp3) is 0.714. The minimum absolute atomic E-state index is 0.291. The van der Waals surface area contributed by atoms with Gasteiger partial charge in [0.05, 0.1) is 18.8 Å². The van der Waals surface area contributed by atoms with Crippen LogP contribution in [0.3, 0.4) is 0 Å². The van der Waals surface area contributed by atoms with Crippen LogP contribution in [0.4, 0.5) is 0 Å². The summed E-state index contributed by atoms with van der Waals surface area (Å²) < 4.78 is 1.75. The summed E-state index contributed by atoms with van der Waals surface area (Å²) in [5, 5.41) is 19.5. The molecule has 0 aliphatic carbocycles. The number of rotatable bonds is 5. The van der Waals surface area contributed by atoms with Gasteiger partial charge in [-0.25, -0.2) is 0 Å². The molecule has 2 N–H and O–H groups in total. The summed E-state index contributed by atoms with van der Waals surface area (Å²) in [7, 11) is 0. The van der Waals surface area contributed by atoms with Crippen LogP contribution in [0.15, 0.2) is 12.4 Å². The Balaban J connectivity index is 2.04. The Bertz CT molecular complexity index is 197. The summed E-state index contributed by atoms with van der Waals surface area (Å²) in [5.74, 6) is 0. The van der Waals surface area contributed by atoms with Crippen molar-refractivity contribution in [3.8, 4) is 0 Å². The SMILES string of the molecule is C[C@H](O)CNCCn1ccnn1. The Morgan fingerprint density at radius 1 is 1.67 bits per heavy atom. The van der Waals surface area contributed by atoms with Gasteiger partial charge in [0.15, 0.2) is 0 Å². The molecule has 1 aromatic rings. The second-order valence-electron chi connectivity index (χ2n) is 2.72. The zero-order valence-electron chi connectivity index (χ0n) is 7.14. The molecule has 0 aliphatic heterocycles. The Hall–Kier alpha value is -0.940. The maximum atomic E-state index is 8.91. The van der Waals surface area contributed by atoms with Gasteiger partial charge in [-0.05, 0) is 6.92 Å². The van der Waals surface area contributed by atoms with Crippen molar-refractivity contribution in [2.45, 2.75) is 19.6 Å². The fourth-order valence-corrected chi connectivity index (χ4v) is 0.857. The molecule has 0 bridgehead atoms. The molecule has 0 radical (unpaired) electrons. The molecule has 12 heavy (non-hydrogen) atoms. The molecule has 0 spiro atoms. The lowest BCUT2D eigenvalue weighted by molar-refractivity contribution is 0.191. The first-order valence-electron chi connectivity index (χ1n) is 4.02. The van der Waals surface area contributed by atoms with Gasteiger partial charge in [-0.1, -0.05) is 5.21 Å². The van der Waals surface area contributed by atoms with E-state index in [1.807, 2.05) is 6.20 Å². The summed E-state index contributed by atoms with van der Waals surface area (Å²) in [4.78, 5) is 0. The third kappa shape index (κ3) is 3.45. The van der Waals surface area contributed by atoms with E-state index in [0.717, 1.165) is 13.1 Å². The van der Waals surface area contributed by atoms with Crippen molar-refractivity contribution >= 4 is 0 Å². The molecule has 68 valence electrons. The van der Waals surface area contributed by atoms with E-state index in [1.54, 1.807) is 17.8 Å². The van der Waals surface area contributed by atoms with Gasteiger partial charge >= 0.3 is 0 Å². The highest BCUT2D eigenvalue weighted by atomic mass is 16.3. The van der Waals surface area contributed by atoms with Crippen molar-refractivity contribution in [3.63, 3.8) is 0 Å². The van der Waals surface area contributed by atoms with Crippen LogP contribution in [0.25, 0.3) is 0 Å². The average molecular weight is 170 g/mol. The predicted octanol–water partition coefficient (Wildman–Crippen LogP) is -0.752. The second kappa shape index (κ2) is 4.84. The van der Waals surface area contributed by atoms with Gasteiger partial charge in [0, 0.05) is 19.3 Å². The minimum Gasteiger partial charge on any atom is -0.392 e. The maximum Gasteiger partial charge on any atom is 0.0692 e. The lowest BCUT2D eigenvalue weighted by atomic mass is 10.4. The van der Waals surface area contributed by atoms with Gasteiger partial charge in [-0.3, -0.25) is 4.68 Å². The van der Waals surface area contributed by atoms with E-state index in [-0.39, 0.29) is 6.10 Å². The first-order chi connectivity index (χ1) is 5.79. The van der Waals surface area contributed by atoms with Crippen LogP contribution >= 0.6 is 0 Å². The molecule has 0 unspecified atom stereocenters. The highest BCUT2D eigenvalue weighted by Crippen LogP contribution is 1.79. The molecular formula is C7H14N4O. The molecule has 0 fully saturated rings. The molecule has 5 nitrogen and oxygen atoms in total. The molecule has 1 atom stereocenters. The number of hydrogen-bond acceptors (Lipinski definition) is 4. The third-order valence-corrected chi connectivity index (χ3v) is 1.43. The van der Waals surface area contributed by atoms with Crippen molar-refractivity contribution in [1.29, 1.82) is 0 Å². The number of aromatic nitrogens is 3. The number of aliphatic hydroxyl groups is 1. The van der Waals surface area contributed by atoms with Crippen molar-refractivity contribution in [2.24, 2.45) is 0 Å². The van der Waals surface area contributed by atoms with Gasteiger partial charge in [0.2, 0.25) is 0 Å². The quantitative estimate of drug-likeness (QED) is 0.571. The standard InChI is InChI=1S/C7H14N4O/c1-7(12)6-8-2-4-11-5-3-9-10-11/h3,5,7-8,12H,2,4,6H2,1H3/t7-/m0/s1. The summed E-state index contributed by atoms with van der Waals surface area (Å²) >= 11 is 0. The Kier molecular flexibility index (Phi) is 3.69. The van der Waals surface area contributed by atoms with Crippen LogP contribution in [-0.2, 0) is 6.54 Å². The Morgan fingerprint density at radius 3 is 3.08 bits per heavy atom. The summed E-state index contributed by atoms with van der Waals surface area (Å²) in [6.07, 6.45) is 3.17. The molecule has 0 saturated carbocycles. The molecule has 0 saturated heterocycles. The molecule has 1 heterocycles. The van der Waals surface area contributed by atoms with Crippen LogP contribution in [0.1, 0.15) is 6.92 Å². The summed E-state index contributed by atoms with van der Waals surface area (Å²) in [6.45, 7) is 3.96. The van der Waals surface area contributed by atoms with E-state index < -0.39 is 0 Å². The highest BCUT2D eigenvalue weighted by Gasteiger charge is 1.94. The first kappa shape index (κ1) is 9.15. The predicted molar refractivity (Wildman–Crippen MR) is 44.6 cm³/mol. The van der Waals surface area contributed by atoms with Crippen LogP contribution in [0.2, 0.25) is 0 Å². The average Bonchev–Trinajstić information content (AvgIpc) is 2.49. The van der Waals surface area contributed by atoms with E-state index in [4.69, 9.17) is 5.11 Å². The number of hydrogen-bond donors (Lipinski definition) is 2.